The van der Waals surface area contributed by atoms with Crippen molar-refractivity contribution < 1.29 is 24.1 Å². The smallest absolute Gasteiger partial charge is 0.337 e. The fraction of sp³-hybridized carbons (Fsp3) is 0.417. The maximum Gasteiger partial charge on any atom is 0.337 e. The van der Waals surface area contributed by atoms with Gasteiger partial charge in [0.05, 0.1) is 31.6 Å². The number of methoxy groups -OCH3 is 1. The summed E-state index contributed by atoms with van der Waals surface area (Å²) in [7, 11) is 1.48. The first kappa shape index (κ1) is 12.5. The van der Waals surface area contributed by atoms with E-state index in [1.54, 1.807) is 0 Å². The normalized spacial score (nSPS) is 18.6. The number of nitrogen functional groups attached to an aromatic ring is 1. The molecule has 18 heavy (non-hydrogen) atoms. The lowest BCUT2D eigenvalue weighted by Crippen LogP contribution is -2.17. The quantitative estimate of drug-likeness (QED) is 0.782. The van der Waals surface area contributed by atoms with Crippen LogP contribution in [-0.4, -0.2) is 37.5 Å². The number of benzene rings is 1. The molecular weight excluding hydrogens is 238 g/mol. The lowest BCUT2D eigenvalue weighted by molar-refractivity contribution is 0.0697. The van der Waals surface area contributed by atoms with Crippen LogP contribution in [0.3, 0.4) is 0 Å². The third-order valence-electron chi connectivity index (χ3n) is 2.75. The highest BCUT2D eigenvalue weighted by atomic mass is 16.6. The van der Waals surface area contributed by atoms with E-state index < -0.39 is 5.97 Å². The van der Waals surface area contributed by atoms with Crippen LogP contribution < -0.4 is 15.2 Å². The molecule has 0 aromatic heterocycles. The molecule has 3 N–H and O–H groups in total. The Morgan fingerprint density at radius 3 is 2.83 bits per heavy atom. The second kappa shape index (κ2) is 5.14. The molecule has 1 aliphatic heterocycles. The molecule has 1 saturated heterocycles. The van der Waals surface area contributed by atoms with Crippen molar-refractivity contribution in [1.29, 1.82) is 0 Å². The molecule has 1 aliphatic rings. The fourth-order valence-corrected chi connectivity index (χ4v) is 1.80. The molecule has 0 amide bonds. The van der Waals surface area contributed by atoms with Gasteiger partial charge in [0.2, 0.25) is 0 Å². The van der Waals surface area contributed by atoms with E-state index in [4.69, 9.17) is 25.1 Å². The molecule has 1 fully saturated rings. The first-order chi connectivity index (χ1) is 8.61. The van der Waals surface area contributed by atoms with Crippen LogP contribution in [0.15, 0.2) is 12.1 Å². The second-order valence-electron chi connectivity index (χ2n) is 4.00. The zero-order valence-corrected chi connectivity index (χ0v) is 10.0. The molecule has 1 atom stereocenters. The Morgan fingerprint density at radius 2 is 2.28 bits per heavy atom. The summed E-state index contributed by atoms with van der Waals surface area (Å²) in [6.45, 7) is 1.14. The highest BCUT2D eigenvalue weighted by Crippen LogP contribution is 2.33. The summed E-state index contributed by atoms with van der Waals surface area (Å²) in [5.41, 5.74) is 5.79. The number of nitrogens with two attached hydrogens (primary N) is 1. The predicted octanol–water partition coefficient (Wildman–Crippen LogP) is 1.14. The van der Waals surface area contributed by atoms with Crippen molar-refractivity contribution in [3.63, 3.8) is 0 Å². The van der Waals surface area contributed by atoms with Gasteiger partial charge in [-0.1, -0.05) is 0 Å². The molecule has 1 aromatic rings. The van der Waals surface area contributed by atoms with Gasteiger partial charge in [-0.2, -0.15) is 0 Å². The summed E-state index contributed by atoms with van der Waals surface area (Å²) in [5.74, 6) is -0.299. The maximum absolute atomic E-state index is 11.0. The summed E-state index contributed by atoms with van der Waals surface area (Å²) >= 11 is 0. The van der Waals surface area contributed by atoms with Gasteiger partial charge in [0.25, 0.3) is 0 Å². The van der Waals surface area contributed by atoms with Crippen molar-refractivity contribution in [2.45, 2.75) is 12.5 Å². The van der Waals surface area contributed by atoms with Gasteiger partial charge in [0.15, 0.2) is 11.5 Å². The lowest BCUT2D eigenvalue weighted by atomic mass is 10.1. The second-order valence-corrected chi connectivity index (χ2v) is 4.00. The molecule has 6 nitrogen and oxygen atoms in total. The SMILES string of the molecule is COc1cc(N)c(C(=O)O)cc1OC1CCOC1. The number of carbonyl (C=O) groups is 1. The Balaban J connectivity index is 2.30. The minimum absolute atomic E-state index is 0.00437. The molecule has 1 unspecified atom stereocenters. The van der Waals surface area contributed by atoms with Gasteiger partial charge < -0.3 is 25.1 Å². The van der Waals surface area contributed by atoms with Gasteiger partial charge in [-0.05, 0) is 0 Å². The third kappa shape index (κ3) is 2.48. The van der Waals surface area contributed by atoms with Crippen molar-refractivity contribution in [1.82, 2.24) is 0 Å². The van der Waals surface area contributed by atoms with Crippen LogP contribution in [0, 0.1) is 0 Å². The van der Waals surface area contributed by atoms with Crippen molar-refractivity contribution >= 4 is 11.7 Å². The van der Waals surface area contributed by atoms with Crippen LogP contribution >= 0.6 is 0 Å². The van der Waals surface area contributed by atoms with Crippen LogP contribution in [0.25, 0.3) is 0 Å². The Morgan fingerprint density at radius 1 is 1.50 bits per heavy atom. The topological polar surface area (TPSA) is 91.0 Å². The van der Waals surface area contributed by atoms with Crippen molar-refractivity contribution in [3.05, 3.63) is 17.7 Å². The van der Waals surface area contributed by atoms with E-state index in [0.717, 1.165) is 6.42 Å². The fourth-order valence-electron chi connectivity index (χ4n) is 1.80. The molecule has 0 saturated carbocycles. The highest BCUT2D eigenvalue weighted by molar-refractivity contribution is 5.94. The number of rotatable bonds is 4. The molecule has 0 bridgehead atoms. The van der Waals surface area contributed by atoms with E-state index in [2.05, 4.69) is 0 Å². The monoisotopic (exact) mass is 253 g/mol. The molecule has 1 heterocycles. The summed E-state index contributed by atoms with van der Waals surface area (Å²) in [4.78, 5) is 11.0. The van der Waals surface area contributed by atoms with E-state index in [9.17, 15) is 4.79 Å². The van der Waals surface area contributed by atoms with Gasteiger partial charge in [0, 0.05) is 18.6 Å². The molecule has 6 heteroatoms. The summed E-state index contributed by atoms with van der Waals surface area (Å²) in [6, 6.07) is 2.84. The van der Waals surface area contributed by atoms with E-state index in [1.165, 1.54) is 19.2 Å². The van der Waals surface area contributed by atoms with Crippen molar-refractivity contribution in [2.75, 3.05) is 26.1 Å². The molecule has 98 valence electrons. The Kier molecular flexibility index (Phi) is 3.57. The van der Waals surface area contributed by atoms with Crippen LogP contribution in [0.4, 0.5) is 5.69 Å². The Bertz CT molecular complexity index is 454. The third-order valence-corrected chi connectivity index (χ3v) is 2.75. The number of ether oxygens (including phenoxy) is 3. The maximum atomic E-state index is 11.0. The van der Waals surface area contributed by atoms with E-state index >= 15 is 0 Å². The standard InChI is InChI=1S/C12H15NO5/c1-16-10-5-9(13)8(12(14)15)4-11(10)18-7-2-3-17-6-7/h4-5,7H,2-3,6,13H2,1H3,(H,14,15). The summed E-state index contributed by atoms with van der Waals surface area (Å²) in [5, 5.41) is 9.01. The highest BCUT2D eigenvalue weighted by Gasteiger charge is 2.21. The Hall–Kier alpha value is -1.95. The van der Waals surface area contributed by atoms with Crippen molar-refractivity contribution in [3.8, 4) is 11.5 Å². The Labute approximate surface area is 104 Å². The van der Waals surface area contributed by atoms with Crippen LogP contribution in [-0.2, 0) is 4.74 Å². The largest absolute Gasteiger partial charge is 0.493 e. The minimum Gasteiger partial charge on any atom is -0.493 e. The molecule has 0 aliphatic carbocycles. The van der Waals surface area contributed by atoms with Crippen LogP contribution in [0.5, 0.6) is 11.5 Å². The number of carboxylic acids is 1. The van der Waals surface area contributed by atoms with Crippen molar-refractivity contribution in [2.24, 2.45) is 0 Å². The van der Waals surface area contributed by atoms with Crippen LogP contribution in [0.2, 0.25) is 0 Å². The number of anilines is 1. The molecule has 2 rings (SSSR count). The average Bonchev–Trinajstić information content (AvgIpc) is 2.83. The summed E-state index contributed by atoms with van der Waals surface area (Å²) < 4.78 is 16.0. The van der Waals surface area contributed by atoms with Crippen LogP contribution in [0.1, 0.15) is 16.8 Å². The predicted molar refractivity (Wildman–Crippen MR) is 64.2 cm³/mol. The van der Waals surface area contributed by atoms with Gasteiger partial charge >= 0.3 is 5.97 Å². The van der Waals surface area contributed by atoms with Gasteiger partial charge in [-0.25, -0.2) is 4.79 Å². The first-order valence-corrected chi connectivity index (χ1v) is 5.57. The molecule has 1 aromatic carbocycles. The van der Waals surface area contributed by atoms with Gasteiger partial charge in [-0.3, -0.25) is 0 Å². The average molecular weight is 253 g/mol. The first-order valence-electron chi connectivity index (χ1n) is 5.57. The minimum atomic E-state index is -1.09. The molecular formula is C12H15NO5. The van der Waals surface area contributed by atoms with E-state index in [1.807, 2.05) is 0 Å². The lowest BCUT2D eigenvalue weighted by Gasteiger charge is -2.16. The zero-order chi connectivity index (χ0) is 13.1. The van der Waals surface area contributed by atoms with E-state index in [-0.39, 0.29) is 17.4 Å². The van der Waals surface area contributed by atoms with E-state index in [0.29, 0.717) is 24.7 Å². The number of carboxylic acid groups (broad SMARTS) is 1. The number of hydrogen-bond donors (Lipinski definition) is 2. The number of aromatic carboxylic acids is 1. The number of hydrogen-bond acceptors (Lipinski definition) is 5. The zero-order valence-electron chi connectivity index (χ0n) is 10.0. The molecule has 0 spiro atoms. The van der Waals surface area contributed by atoms with Gasteiger partial charge in [-0.15, -0.1) is 0 Å². The molecule has 0 radical (unpaired) electrons. The summed E-state index contributed by atoms with van der Waals surface area (Å²) in [6.07, 6.45) is 0.694. The van der Waals surface area contributed by atoms with Gasteiger partial charge in [0.1, 0.15) is 6.10 Å².